The fourth-order valence-electron chi connectivity index (χ4n) is 2.06. The van der Waals surface area contributed by atoms with E-state index in [1.807, 2.05) is 5.01 Å². The lowest BCUT2D eigenvalue weighted by atomic mass is 10.3. The first-order chi connectivity index (χ1) is 9.16. The Bertz CT molecular complexity index is 513. The Hall–Kier alpha value is -1.28. The Morgan fingerprint density at radius 2 is 2.16 bits per heavy atom. The van der Waals surface area contributed by atoms with Crippen molar-refractivity contribution in [2.24, 2.45) is 0 Å². The summed E-state index contributed by atoms with van der Waals surface area (Å²) in [5, 5.41) is 11.4. The van der Waals surface area contributed by atoms with E-state index >= 15 is 0 Å². The molecule has 0 bridgehead atoms. The van der Waals surface area contributed by atoms with Crippen molar-refractivity contribution < 1.29 is 4.79 Å². The summed E-state index contributed by atoms with van der Waals surface area (Å²) >= 11 is 6.52. The van der Waals surface area contributed by atoms with Gasteiger partial charge in [0, 0.05) is 19.1 Å². The molecule has 0 unspecified atom stereocenters. The molecule has 2 heterocycles. The van der Waals surface area contributed by atoms with E-state index in [2.05, 4.69) is 14.9 Å². The fraction of sp³-hybridized carbons (Fsp3) is 0.636. The molecule has 6 nitrogen and oxygen atoms in total. The molecule has 3 rings (SSSR count). The first-order valence-electron chi connectivity index (χ1n) is 6.35. The Morgan fingerprint density at radius 1 is 1.42 bits per heavy atom. The lowest BCUT2D eigenvalue weighted by molar-refractivity contribution is 0.0495. The second kappa shape index (κ2) is 5.01. The van der Waals surface area contributed by atoms with Gasteiger partial charge in [-0.25, -0.2) is 5.01 Å². The van der Waals surface area contributed by atoms with Gasteiger partial charge in [0.05, 0.1) is 5.69 Å². The van der Waals surface area contributed by atoms with Crippen molar-refractivity contribution in [1.29, 1.82) is 0 Å². The van der Waals surface area contributed by atoms with Crippen molar-refractivity contribution >= 4 is 34.8 Å². The molecule has 1 aromatic rings. The monoisotopic (exact) mass is 297 g/mol. The lowest BCUT2D eigenvalue weighted by Crippen LogP contribution is -2.49. The minimum atomic E-state index is -0.0510. The predicted octanol–water partition coefficient (Wildman–Crippen LogP) is 0.946. The third-order valence-corrected chi connectivity index (χ3v) is 4.40. The van der Waals surface area contributed by atoms with E-state index in [0.29, 0.717) is 28.3 Å². The molecule has 0 spiro atoms. The van der Waals surface area contributed by atoms with Crippen molar-refractivity contribution in [3.05, 3.63) is 10.6 Å². The number of hydrogen-bond acceptors (Lipinski definition) is 5. The number of carbonyl (C=O) groups is 1. The fourth-order valence-corrected chi connectivity index (χ4v) is 3.01. The van der Waals surface area contributed by atoms with Crippen LogP contribution in [0.15, 0.2) is 0 Å². The molecule has 0 atom stereocenters. The number of aryl methyl sites for hydroxylation is 1. The van der Waals surface area contributed by atoms with Crippen LogP contribution in [-0.2, 0) is 0 Å². The number of hydrazine groups is 1. The van der Waals surface area contributed by atoms with E-state index in [4.69, 9.17) is 12.2 Å². The minimum absolute atomic E-state index is 0.0510. The van der Waals surface area contributed by atoms with E-state index in [0.717, 1.165) is 24.5 Å². The normalized spacial score (nSPS) is 18.8. The predicted molar refractivity (Wildman–Crippen MR) is 75.8 cm³/mol. The third kappa shape index (κ3) is 2.55. The number of aromatic nitrogens is 2. The van der Waals surface area contributed by atoms with Gasteiger partial charge in [0.2, 0.25) is 0 Å². The first-order valence-corrected chi connectivity index (χ1v) is 7.54. The van der Waals surface area contributed by atoms with Crippen LogP contribution in [0.5, 0.6) is 0 Å². The van der Waals surface area contributed by atoms with Crippen molar-refractivity contribution in [2.75, 3.05) is 13.1 Å². The van der Waals surface area contributed by atoms with Crippen LogP contribution in [0.1, 0.15) is 34.6 Å². The molecule has 1 aliphatic carbocycles. The van der Waals surface area contributed by atoms with Gasteiger partial charge in [-0.2, -0.15) is 0 Å². The van der Waals surface area contributed by atoms with Crippen LogP contribution in [0.25, 0.3) is 0 Å². The van der Waals surface area contributed by atoms with E-state index in [1.165, 1.54) is 12.8 Å². The summed E-state index contributed by atoms with van der Waals surface area (Å²) in [5.41, 5.74) is 0.683. The molecular formula is C11H15N5OS2. The lowest BCUT2D eigenvalue weighted by Gasteiger charge is -2.29. The third-order valence-electron chi connectivity index (χ3n) is 3.25. The number of hydrogen-bond donors (Lipinski definition) is 1. The first kappa shape index (κ1) is 12.7. The molecule has 8 heteroatoms. The van der Waals surface area contributed by atoms with Crippen LogP contribution in [0, 0.1) is 6.92 Å². The van der Waals surface area contributed by atoms with E-state index in [-0.39, 0.29) is 5.91 Å². The summed E-state index contributed by atoms with van der Waals surface area (Å²) in [6.45, 7) is 3.29. The van der Waals surface area contributed by atoms with Crippen LogP contribution < -0.4 is 5.32 Å². The second-order valence-electron chi connectivity index (χ2n) is 4.82. The highest BCUT2D eigenvalue weighted by Crippen LogP contribution is 2.22. The maximum Gasteiger partial charge on any atom is 0.286 e. The Morgan fingerprint density at radius 3 is 2.79 bits per heavy atom. The Balaban J connectivity index is 1.73. The van der Waals surface area contributed by atoms with Crippen LogP contribution in [0.4, 0.5) is 0 Å². The Labute approximate surface area is 120 Å². The smallest absolute Gasteiger partial charge is 0.286 e. The summed E-state index contributed by atoms with van der Waals surface area (Å²) in [6, 6.07) is 0.497. The maximum absolute atomic E-state index is 12.5. The number of carbonyl (C=O) groups excluding carboxylic acids is 1. The molecule has 19 heavy (non-hydrogen) atoms. The summed E-state index contributed by atoms with van der Waals surface area (Å²) < 4.78 is 3.82. The summed E-state index contributed by atoms with van der Waals surface area (Å²) in [4.78, 5) is 13.1. The largest absolute Gasteiger partial charge is 0.358 e. The maximum atomic E-state index is 12.5. The number of rotatable bonds is 2. The van der Waals surface area contributed by atoms with Crippen LogP contribution in [-0.4, -0.2) is 49.8 Å². The van der Waals surface area contributed by atoms with Gasteiger partial charge < -0.3 is 5.32 Å². The zero-order valence-electron chi connectivity index (χ0n) is 10.6. The van der Waals surface area contributed by atoms with Gasteiger partial charge in [0.15, 0.2) is 5.11 Å². The quantitative estimate of drug-likeness (QED) is 0.820. The number of amides is 1. The van der Waals surface area contributed by atoms with Crippen LogP contribution >= 0.6 is 23.8 Å². The topological polar surface area (TPSA) is 61.4 Å². The molecule has 0 radical (unpaired) electrons. The molecule has 1 aliphatic heterocycles. The van der Waals surface area contributed by atoms with Crippen molar-refractivity contribution in [3.63, 3.8) is 0 Å². The van der Waals surface area contributed by atoms with E-state index in [1.54, 1.807) is 11.9 Å². The van der Waals surface area contributed by atoms with Crippen molar-refractivity contribution in [2.45, 2.75) is 32.2 Å². The van der Waals surface area contributed by atoms with Gasteiger partial charge >= 0.3 is 0 Å². The van der Waals surface area contributed by atoms with Crippen molar-refractivity contribution in [1.82, 2.24) is 24.9 Å². The molecule has 0 aromatic carbocycles. The van der Waals surface area contributed by atoms with Gasteiger partial charge in [0.1, 0.15) is 4.88 Å². The highest BCUT2D eigenvalue weighted by molar-refractivity contribution is 7.80. The Kier molecular flexibility index (Phi) is 3.36. The van der Waals surface area contributed by atoms with Gasteiger partial charge in [-0.05, 0) is 49.9 Å². The molecule has 2 aliphatic rings. The molecular weight excluding hydrogens is 282 g/mol. The van der Waals surface area contributed by atoms with E-state index < -0.39 is 0 Å². The number of nitrogens with one attached hydrogen (secondary N) is 1. The zero-order chi connectivity index (χ0) is 13.4. The highest BCUT2D eigenvalue weighted by Gasteiger charge is 2.33. The van der Waals surface area contributed by atoms with E-state index in [9.17, 15) is 4.79 Å². The van der Waals surface area contributed by atoms with Crippen molar-refractivity contribution in [3.8, 4) is 0 Å². The SMILES string of the molecule is Cc1nnsc1C(=O)N1CCCN1C(=S)NC1CC1. The van der Waals surface area contributed by atoms with Crippen LogP contribution in [0.2, 0.25) is 0 Å². The standard InChI is InChI=1S/C11H15N5OS2/c1-7-9(19-14-13-7)10(17)15-5-2-6-16(15)11(18)12-8-3-4-8/h8H,2-6H2,1H3,(H,12,18). The highest BCUT2D eigenvalue weighted by atomic mass is 32.1. The molecule has 102 valence electrons. The molecule has 1 saturated heterocycles. The summed E-state index contributed by atoms with van der Waals surface area (Å²) in [6.07, 6.45) is 3.27. The second-order valence-corrected chi connectivity index (χ2v) is 5.96. The minimum Gasteiger partial charge on any atom is -0.358 e. The molecule has 1 N–H and O–H groups in total. The molecule has 1 amide bonds. The molecule has 1 aromatic heterocycles. The van der Waals surface area contributed by atoms with Gasteiger partial charge in [0.25, 0.3) is 5.91 Å². The molecule has 1 saturated carbocycles. The molecule has 2 fully saturated rings. The van der Waals surface area contributed by atoms with Gasteiger partial charge in [-0.1, -0.05) is 4.49 Å². The summed E-state index contributed by atoms with van der Waals surface area (Å²) in [5.74, 6) is -0.0510. The number of thiocarbonyl (C=S) groups is 1. The average molecular weight is 297 g/mol. The van der Waals surface area contributed by atoms with Crippen LogP contribution in [0.3, 0.4) is 0 Å². The van der Waals surface area contributed by atoms with Gasteiger partial charge in [-0.3, -0.25) is 9.80 Å². The number of nitrogens with zero attached hydrogens (tertiary/aromatic N) is 4. The zero-order valence-corrected chi connectivity index (χ0v) is 12.3. The summed E-state index contributed by atoms with van der Waals surface area (Å²) in [7, 11) is 0. The average Bonchev–Trinajstić information content (AvgIpc) is 2.92. The van der Waals surface area contributed by atoms with Gasteiger partial charge in [-0.15, -0.1) is 5.10 Å².